The van der Waals surface area contributed by atoms with Crippen molar-refractivity contribution in [3.8, 4) is 0 Å². The van der Waals surface area contributed by atoms with Crippen LogP contribution in [-0.4, -0.2) is 12.4 Å². The van der Waals surface area contributed by atoms with E-state index in [1.165, 1.54) is 5.02 Å². The quantitative estimate of drug-likeness (QED) is 0.550. The zero-order valence-corrected chi connectivity index (χ0v) is 11.9. The molecule has 2 nitrogen and oxygen atoms in total. The van der Waals surface area contributed by atoms with Gasteiger partial charge in [-0.2, -0.15) is 0 Å². The Balaban J connectivity index is 0. The van der Waals surface area contributed by atoms with Crippen molar-refractivity contribution < 1.29 is 25.8 Å². The number of hydrogen-bond donors (Lipinski definition) is 0. The first-order chi connectivity index (χ1) is 4.77. The molecule has 0 bridgehead atoms. The number of carbonyl (C=O) groups excluding carboxylic acids is 1. The molecule has 0 atom stereocenters. The Kier molecular flexibility index (Phi) is 13.9. The molecule has 11 heavy (non-hydrogen) atoms. The van der Waals surface area contributed by atoms with Crippen LogP contribution >= 0.6 is 17.0 Å². The fourth-order valence-electron chi connectivity index (χ4n) is 0.722. The maximum atomic E-state index is 10.5. The van der Waals surface area contributed by atoms with Crippen LogP contribution in [0.25, 0.3) is 0 Å². The van der Waals surface area contributed by atoms with Crippen molar-refractivity contribution in [2.45, 2.75) is 31.7 Å². The minimum absolute atomic E-state index is 0. The van der Waals surface area contributed by atoms with E-state index < -0.39 is 17.5 Å². The summed E-state index contributed by atoms with van der Waals surface area (Å²) in [6, 6.07) is 0. The third-order valence-corrected chi connectivity index (χ3v) is 4.39. The van der Waals surface area contributed by atoms with Crippen LogP contribution in [-0.2, 0) is 25.8 Å². The average Bonchev–Trinajstić information content (AvgIpc) is 1.87. The number of hydrogen-bond acceptors (Lipinski definition) is 2. The van der Waals surface area contributed by atoms with Crippen molar-refractivity contribution in [3.05, 3.63) is 0 Å². The van der Waals surface area contributed by atoms with Crippen molar-refractivity contribution in [1.29, 1.82) is 0 Å². The fraction of sp³-hybridized carbons (Fsp3) is 0.857. The van der Waals surface area contributed by atoms with Gasteiger partial charge in [0.25, 0.3) is 0 Å². The third kappa shape index (κ3) is 13.7. The SMILES string of the molecule is Br.CC[O][Zn][CH2]CCC(C)=O. The number of ketones is 1. The molecule has 64 valence electrons. The molecule has 0 radical (unpaired) electrons. The van der Waals surface area contributed by atoms with Crippen molar-refractivity contribution in [3.63, 3.8) is 0 Å². The third-order valence-electron chi connectivity index (χ3n) is 1.27. The minimum atomic E-state index is -0.662. The summed E-state index contributed by atoms with van der Waals surface area (Å²) in [4.78, 5) is 10.5. The zero-order chi connectivity index (χ0) is 7.82. The van der Waals surface area contributed by atoms with Crippen LogP contribution in [0.1, 0.15) is 26.7 Å². The summed E-state index contributed by atoms with van der Waals surface area (Å²) in [6.45, 7) is 4.53. The number of Topliss-reactive ketones (excluding diaryl/α,β-unsaturated/α-hetero) is 1. The van der Waals surface area contributed by atoms with Gasteiger partial charge in [-0.05, 0) is 0 Å². The second-order valence-corrected chi connectivity index (χ2v) is 5.55. The Labute approximate surface area is 86.8 Å². The van der Waals surface area contributed by atoms with E-state index in [1.807, 2.05) is 6.92 Å². The van der Waals surface area contributed by atoms with Crippen molar-refractivity contribution >= 4 is 22.8 Å². The molecule has 0 saturated heterocycles. The molecule has 0 heterocycles. The predicted molar refractivity (Wildman–Crippen MR) is 46.7 cm³/mol. The Morgan fingerprint density at radius 2 is 2.18 bits per heavy atom. The molecule has 0 unspecified atom stereocenters. The summed E-state index contributed by atoms with van der Waals surface area (Å²) in [6.07, 6.45) is 1.80. The summed E-state index contributed by atoms with van der Waals surface area (Å²) in [5, 5.41) is 1.19. The van der Waals surface area contributed by atoms with Crippen LogP contribution in [0.3, 0.4) is 0 Å². The summed E-state index contributed by atoms with van der Waals surface area (Å²) < 4.78 is 5.29. The van der Waals surface area contributed by atoms with Gasteiger partial charge in [0.1, 0.15) is 0 Å². The molecule has 0 aliphatic carbocycles. The van der Waals surface area contributed by atoms with Gasteiger partial charge in [0, 0.05) is 0 Å². The van der Waals surface area contributed by atoms with Gasteiger partial charge >= 0.3 is 69.9 Å². The van der Waals surface area contributed by atoms with E-state index in [9.17, 15) is 4.79 Å². The van der Waals surface area contributed by atoms with Gasteiger partial charge in [0.05, 0.1) is 0 Å². The molecule has 0 amide bonds. The standard InChI is InChI=1S/C5H9O.C2H5O.BrH.Zn/c1-3-4-5(2)6;1-2-3;;/h1,3-4H2,2H3;2H2,1H3;1H;/q;-1;;+1. The van der Waals surface area contributed by atoms with Crippen LogP contribution in [0.5, 0.6) is 0 Å². The molecule has 0 saturated carbocycles. The second-order valence-electron chi connectivity index (χ2n) is 2.36. The van der Waals surface area contributed by atoms with Crippen molar-refractivity contribution in [1.82, 2.24) is 0 Å². The number of rotatable bonds is 6. The molecule has 0 rings (SSSR count). The van der Waals surface area contributed by atoms with Gasteiger partial charge < -0.3 is 0 Å². The van der Waals surface area contributed by atoms with Gasteiger partial charge in [-0.3, -0.25) is 0 Å². The normalized spacial score (nSPS) is 8.18. The predicted octanol–water partition coefficient (Wildman–Crippen LogP) is 2.39. The van der Waals surface area contributed by atoms with E-state index in [2.05, 4.69) is 0 Å². The summed E-state index contributed by atoms with van der Waals surface area (Å²) in [5.41, 5.74) is 0. The Hall–Kier alpha value is 0.733. The van der Waals surface area contributed by atoms with E-state index in [0.717, 1.165) is 19.4 Å². The van der Waals surface area contributed by atoms with E-state index >= 15 is 0 Å². The van der Waals surface area contributed by atoms with Crippen LogP contribution in [0.15, 0.2) is 0 Å². The Morgan fingerprint density at radius 1 is 1.55 bits per heavy atom. The number of carbonyl (C=O) groups is 1. The summed E-state index contributed by atoms with van der Waals surface area (Å²) >= 11 is -0.662. The van der Waals surface area contributed by atoms with Crippen molar-refractivity contribution in [2.75, 3.05) is 6.61 Å². The van der Waals surface area contributed by atoms with Crippen LogP contribution in [0, 0.1) is 0 Å². The summed E-state index contributed by atoms with van der Waals surface area (Å²) in [5.74, 6) is 0.305. The zero-order valence-electron chi connectivity index (χ0n) is 7.26. The second kappa shape index (κ2) is 10.7. The molecule has 0 aliphatic rings. The Bertz CT molecular complexity index is 98.4. The molecular weight excluding hydrogens is 261 g/mol. The van der Waals surface area contributed by atoms with E-state index in [-0.39, 0.29) is 17.0 Å². The summed E-state index contributed by atoms with van der Waals surface area (Å²) in [7, 11) is 0. The molecule has 0 N–H and O–H groups in total. The van der Waals surface area contributed by atoms with Gasteiger partial charge in [-0.1, -0.05) is 0 Å². The molecule has 0 aliphatic heterocycles. The molecule has 0 fully saturated rings. The van der Waals surface area contributed by atoms with Crippen molar-refractivity contribution in [2.24, 2.45) is 0 Å². The number of halogens is 1. The molecular formula is C7H15BrO2Zn. The van der Waals surface area contributed by atoms with Gasteiger partial charge in [0.15, 0.2) is 0 Å². The average molecular weight is 276 g/mol. The van der Waals surface area contributed by atoms with Gasteiger partial charge in [0.2, 0.25) is 0 Å². The van der Waals surface area contributed by atoms with Crippen LogP contribution in [0.4, 0.5) is 0 Å². The topological polar surface area (TPSA) is 26.3 Å². The van der Waals surface area contributed by atoms with Crippen LogP contribution < -0.4 is 0 Å². The molecule has 4 heteroatoms. The van der Waals surface area contributed by atoms with Gasteiger partial charge in [-0.25, -0.2) is 0 Å². The first kappa shape index (κ1) is 14.3. The van der Waals surface area contributed by atoms with E-state index in [1.54, 1.807) is 6.92 Å². The van der Waals surface area contributed by atoms with Crippen LogP contribution in [0.2, 0.25) is 5.02 Å². The Morgan fingerprint density at radius 3 is 2.64 bits per heavy atom. The van der Waals surface area contributed by atoms with Gasteiger partial charge in [-0.15, -0.1) is 17.0 Å². The van der Waals surface area contributed by atoms with E-state index in [4.69, 9.17) is 3.56 Å². The van der Waals surface area contributed by atoms with E-state index in [0.29, 0.717) is 5.78 Å². The first-order valence-electron chi connectivity index (χ1n) is 3.84. The molecule has 0 aromatic carbocycles. The first-order valence-corrected chi connectivity index (χ1v) is 7.15. The maximum absolute atomic E-state index is 10.5. The molecule has 0 spiro atoms. The fourth-order valence-corrected chi connectivity index (χ4v) is 2.71. The molecule has 0 aromatic heterocycles. The molecule has 0 aromatic rings. The monoisotopic (exact) mass is 274 g/mol.